The molecule has 1 aliphatic carbocycles. The minimum absolute atomic E-state index is 0.0269. The van der Waals surface area contributed by atoms with E-state index in [2.05, 4.69) is 0 Å². The maximum absolute atomic E-state index is 12.4. The Morgan fingerprint density at radius 2 is 2.11 bits per heavy atom. The van der Waals surface area contributed by atoms with Gasteiger partial charge in [-0.05, 0) is 25.7 Å². The molecule has 0 N–H and O–H groups in total. The SMILES string of the molecule is CCOC(=O)C1(C2CCCCC2)COCCC1=O. The van der Waals surface area contributed by atoms with Crippen molar-refractivity contribution < 1.29 is 19.1 Å². The lowest BCUT2D eigenvalue weighted by molar-refractivity contribution is -0.176. The molecule has 0 amide bonds. The molecule has 1 atom stereocenters. The number of ketones is 1. The summed E-state index contributed by atoms with van der Waals surface area (Å²) in [6.45, 7) is 2.75. The topological polar surface area (TPSA) is 52.6 Å². The van der Waals surface area contributed by atoms with Crippen LogP contribution in [0.5, 0.6) is 0 Å². The summed E-state index contributed by atoms with van der Waals surface area (Å²) in [6.07, 6.45) is 5.61. The molecule has 1 saturated carbocycles. The molecule has 0 aromatic rings. The Bertz CT molecular complexity index is 320. The molecular formula is C14H22O4. The van der Waals surface area contributed by atoms with Crippen molar-refractivity contribution in [1.29, 1.82) is 0 Å². The maximum atomic E-state index is 12.4. The zero-order chi connectivity index (χ0) is 13.0. The number of rotatable bonds is 3. The molecule has 2 rings (SSSR count). The third-order valence-electron chi connectivity index (χ3n) is 4.24. The molecular weight excluding hydrogens is 232 g/mol. The summed E-state index contributed by atoms with van der Waals surface area (Å²) >= 11 is 0. The number of Topliss-reactive ketones (excluding diaryl/α,β-unsaturated/α-hetero) is 1. The third kappa shape index (κ3) is 2.30. The number of esters is 1. The van der Waals surface area contributed by atoms with Crippen molar-refractivity contribution in [2.24, 2.45) is 11.3 Å². The molecule has 4 nitrogen and oxygen atoms in total. The summed E-state index contributed by atoms with van der Waals surface area (Å²) in [4.78, 5) is 24.7. The molecule has 1 unspecified atom stereocenters. The van der Waals surface area contributed by atoms with E-state index in [1.54, 1.807) is 6.92 Å². The van der Waals surface area contributed by atoms with E-state index in [-0.39, 0.29) is 24.3 Å². The highest BCUT2D eigenvalue weighted by atomic mass is 16.5. The van der Waals surface area contributed by atoms with E-state index in [9.17, 15) is 9.59 Å². The fourth-order valence-electron chi connectivity index (χ4n) is 3.24. The molecule has 102 valence electrons. The average molecular weight is 254 g/mol. The summed E-state index contributed by atoms with van der Waals surface area (Å²) < 4.78 is 10.6. The molecule has 0 bridgehead atoms. The average Bonchev–Trinajstić information content (AvgIpc) is 2.41. The van der Waals surface area contributed by atoms with Gasteiger partial charge in [0.05, 0.1) is 19.8 Å². The zero-order valence-corrected chi connectivity index (χ0v) is 11.1. The highest BCUT2D eigenvalue weighted by Crippen LogP contribution is 2.43. The summed E-state index contributed by atoms with van der Waals surface area (Å²) in [5.41, 5.74) is -1.01. The van der Waals surface area contributed by atoms with E-state index in [4.69, 9.17) is 9.47 Å². The Morgan fingerprint density at radius 1 is 1.39 bits per heavy atom. The summed E-state index contributed by atoms with van der Waals surface area (Å²) in [5, 5.41) is 0. The van der Waals surface area contributed by atoms with Crippen LogP contribution in [0.15, 0.2) is 0 Å². The monoisotopic (exact) mass is 254 g/mol. The summed E-state index contributed by atoms with van der Waals surface area (Å²) in [7, 11) is 0. The van der Waals surface area contributed by atoms with Crippen molar-refractivity contribution in [3.05, 3.63) is 0 Å². The minimum atomic E-state index is -1.01. The standard InChI is InChI=1S/C14H22O4/c1-2-18-13(16)14(10-17-9-8-12(14)15)11-6-4-3-5-7-11/h11H,2-10H2,1H3. The van der Waals surface area contributed by atoms with Crippen molar-refractivity contribution in [1.82, 2.24) is 0 Å². The van der Waals surface area contributed by atoms with Gasteiger partial charge in [-0.2, -0.15) is 0 Å². The van der Waals surface area contributed by atoms with Crippen LogP contribution < -0.4 is 0 Å². The lowest BCUT2D eigenvalue weighted by Crippen LogP contribution is -2.53. The highest BCUT2D eigenvalue weighted by molar-refractivity contribution is 6.04. The van der Waals surface area contributed by atoms with Crippen LogP contribution >= 0.6 is 0 Å². The largest absolute Gasteiger partial charge is 0.465 e. The van der Waals surface area contributed by atoms with Crippen molar-refractivity contribution in [2.75, 3.05) is 19.8 Å². The van der Waals surface area contributed by atoms with Crippen molar-refractivity contribution in [3.63, 3.8) is 0 Å². The molecule has 0 spiro atoms. The van der Waals surface area contributed by atoms with Crippen molar-refractivity contribution >= 4 is 11.8 Å². The predicted octanol–water partition coefficient (Wildman–Crippen LogP) is 2.11. The van der Waals surface area contributed by atoms with Crippen LogP contribution in [-0.2, 0) is 19.1 Å². The van der Waals surface area contributed by atoms with Gasteiger partial charge in [-0.1, -0.05) is 19.3 Å². The van der Waals surface area contributed by atoms with Gasteiger partial charge in [0.1, 0.15) is 0 Å². The first-order chi connectivity index (χ1) is 8.71. The molecule has 4 heteroatoms. The Morgan fingerprint density at radius 3 is 2.72 bits per heavy atom. The zero-order valence-electron chi connectivity index (χ0n) is 11.1. The second kappa shape index (κ2) is 5.83. The molecule has 0 radical (unpaired) electrons. The van der Waals surface area contributed by atoms with Gasteiger partial charge in [-0.25, -0.2) is 0 Å². The lowest BCUT2D eigenvalue weighted by Gasteiger charge is -2.41. The van der Waals surface area contributed by atoms with Crippen LogP contribution in [0.4, 0.5) is 0 Å². The molecule has 1 aliphatic heterocycles. The van der Waals surface area contributed by atoms with E-state index >= 15 is 0 Å². The third-order valence-corrected chi connectivity index (χ3v) is 4.24. The minimum Gasteiger partial charge on any atom is -0.465 e. The van der Waals surface area contributed by atoms with Crippen LogP contribution in [0.25, 0.3) is 0 Å². The molecule has 18 heavy (non-hydrogen) atoms. The van der Waals surface area contributed by atoms with Gasteiger partial charge in [0.25, 0.3) is 0 Å². The number of hydrogen-bond donors (Lipinski definition) is 0. The van der Waals surface area contributed by atoms with E-state index in [1.807, 2.05) is 0 Å². The molecule has 1 heterocycles. The van der Waals surface area contributed by atoms with Crippen LogP contribution in [-0.4, -0.2) is 31.6 Å². The van der Waals surface area contributed by atoms with E-state index < -0.39 is 5.41 Å². The number of ether oxygens (including phenoxy) is 2. The van der Waals surface area contributed by atoms with E-state index in [0.29, 0.717) is 19.6 Å². The molecule has 0 aromatic carbocycles. The van der Waals surface area contributed by atoms with Crippen LogP contribution in [0.1, 0.15) is 45.4 Å². The smallest absolute Gasteiger partial charge is 0.322 e. The van der Waals surface area contributed by atoms with Gasteiger partial charge in [0.15, 0.2) is 11.2 Å². The Hall–Kier alpha value is -0.900. The normalized spacial score (nSPS) is 30.2. The van der Waals surface area contributed by atoms with Gasteiger partial charge in [0.2, 0.25) is 0 Å². The molecule has 2 aliphatic rings. The van der Waals surface area contributed by atoms with Crippen LogP contribution in [0.2, 0.25) is 0 Å². The fraction of sp³-hybridized carbons (Fsp3) is 0.857. The van der Waals surface area contributed by atoms with Crippen LogP contribution in [0.3, 0.4) is 0 Å². The first-order valence-corrected chi connectivity index (χ1v) is 7.00. The van der Waals surface area contributed by atoms with Crippen molar-refractivity contribution in [2.45, 2.75) is 45.4 Å². The van der Waals surface area contributed by atoms with Crippen LogP contribution in [0, 0.1) is 11.3 Å². The second-order valence-corrected chi connectivity index (χ2v) is 5.25. The number of carbonyl (C=O) groups is 2. The first kappa shape index (κ1) is 13.5. The highest BCUT2D eigenvalue weighted by Gasteiger charge is 2.54. The first-order valence-electron chi connectivity index (χ1n) is 7.00. The van der Waals surface area contributed by atoms with Gasteiger partial charge in [-0.3, -0.25) is 9.59 Å². The van der Waals surface area contributed by atoms with E-state index in [1.165, 1.54) is 6.42 Å². The summed E-state index contributed by atoms with van der Waals surface area (Å²) in [6, 6.07) is 0. The maximum Gasteiger partial charge on any atom is 0.322 e. The molecule has 0 aromatic heterocycles. The summed E-state index contributed by atoms with van der Waals surface area (Å²) in [5.74, 6) is -0.223. The number of carbonyl (C=O) groups excluding carboxylic acids is 2. The molecule has 2 fully saturated rings. The number of hydrogen-bond acceptors (Lipinski definition) is 4. The fourth-order valence-corrected chi connectivity index (χ4v) is 3.24. The van der Waals surface area contributed by atoms with Gasteiger partial charge in [-0.15, -0.1) is 0 Å². The second-order valence-electron chi connectivity index (χ2n) is 5.25. The van der Waals surface area contributed by atoms with Gasteiger partial charge >= 0.3 is 5.97 Å². The Labute approximate surface area is 108 Å². The lowest BCUT2D eigenvalue weighted by atomic mass is 9.65. The quantitative estimate of drug-likeness (QED) is 0.571. The van der Waals surface area contributed by atoms with Gasteiger partial charge in [0, 0.05) is 6.42 Å². The Balaban J connectivity index is 2.25. The Kier molecular flexibility index (Phi) is 4.38. The predicted molar refractivity (Wildman–Crippen MR) is 66.1 cm³/mol. The molecule has 1 saturated heterocycles. The van der Waals surface area contributed by atoms with Gasteiger partial charge < -0.3 is 9.47 Å². The van der Waals surface area contributed by atoms with Crippen molar-refractivity contribution in [3.8, 4) is 0 Å². The van der Waals surface area contributed by atoms with E-state index in [0.717, 1.165) is 25.7 Å².